The van der Waals surface area contributed by atoms with Crippen LogP contribution in [0.25, 0.3) is 6.08 Å². The van der Waals surface area contributed by atoms with E-state index in [9.17, 15) is 4.79 Å². The predicted molar refractivity (Wildman–Crippen MR) is 126 cm³/mol. The lowest BCUT2D eigenvalue weighted by molar-refractivity contribution is -0.129. The molecule has 2 aromatic rings. The minimum atomic E-state index is -0.522. The number of aliphatic imine (C=N–C) groups is 1. The van der Waals surface area contributed by atoms with Crippen LogP contribution < -0.4 is 9.47 Å². The fourth-order valence-corrected chi connectivity index (χ4v) is 3.58. The van der Waals surface area contributed by atoms with Crippen LogP contribution in [0.1, 0.15) is 31.9 Å². The van der Waals surface area contributed by atoms with E-state index >= 15 is 0 Å². The fraction of sp³-hybridized carbons (Fsp3) is 0.238. The zero-order valence-corrected chi connectivity index (χ0v) is 20.5. The highest BCUT2D eigenvalue weighted by molar-refractivity contribution is 14.1. The van der Waals surface area contributed by atoms with Crippen molar-refractivity contribution in [2.75, 3.05) is 6.61 Å². The number of hydrogen-bond acceptors (Lipinski definition) is 5. The number of ether oxygens (including phenoxy) is 3. The highest BCUT2D eigenvalue weighted by Crippen LogP contribution is 2.38. The summed E-state index contributed by atoms with van der Waals surface area (Å²) < 4.78 is 18.7. The minimum Gasteiger partial charge on any atom is -0.490 e. The smallest absolute Gasteiger partial charge is 0.363 e. The Morgan fingerprint density at radius 1 is 1.31 bits per heavy atom. The van der Waals surface area contributed by atoms with Crippen LogP contribution in [0, 0.1) is 3.57 Å². The van der Waals surface area contributed by atoms with E-state index in [2.05, 4.69) is 43.5 Å². The van der Waals surface area contributed by atoms with Crippen LogP contribution in [0.15, 0.2) is 45.5 Å². The van der Waals surface area contributed by atoms with E-state index in [0.717, 1.165) is 8.04 Å². The Morgan fingerprint density at radius 3 is 2.72 bits per heavy atom. The highest BCUT2D eigenvalue weighted by Gasteiger charge is 2.25. The van der Waals surface area contributed by atoms with E-state index in [1.165, 1.54) is 0 Å². The Morgan fingerprint density at radius 2 is 2.07 bits per heavy atom. The second kappa shape index (κ2) is 9.49. The van der Waals surface area contributed by atoms with Gasteiger partial charge in [0.15, 0.2) is 17.2 Å². The van der Waals surface area contributed by atoms with Gasteiger partial charge in [-0.2, -0.15) is 0 Å². The summed E-state index contributed by atoms with van der Waals surface area (Å²) in [4.78, 5) is 16.7. The molecule has 5 nitrogen and oxygen atoms in total. The van der Waals surface area contributed by atoms with Crippen molar-refractivity contribution in [1.29, 1.82) is 0 Å². The predicted octanol–water partition coefficient (Wildman–Crippen LogP) is 6.24. The first-order chi connectivity index (χ1) is 13.8. The fourth-order valence-electron chi connectivity index (χ4n) is 2.60. The molecule has 2 aromatic carbocycles. The van der Waals surface area contributed by atoms with Crippen molar-refractivity contribution in [3.63, 3.8) is 0 Å². The lowest BCUT2D eigenvalue weighted by atomic mass is 10.1. The van der Waals surface area contributed by atoms with Gasteiger partial charge in [-0.1, -0.05) is 11.6 Å². The standard InChI is InChI=1S/C21H18BrClINO4/c1-4-27-18-9-12(7-15(23)19(18)28-11(2)3)8-17-21(26)29-20(25-17)13-5-6-16(24)14(22)10-13/h5-11H,4H2,1-3H3/b17-8-. The van der Waals surface area contributed by atoms with Gasteiger partial charge in [-0.15, -0.1) is 0 Å². The summed E-state index contributed by atoms with van der Waals surface area (Å²) in [5, 5.41) is 0.397. The number of nitrogens with zero attached hydrogens (tertiary/aromatic N) is 1. The van der Waals surface area contributed by atoms with Gasteiger partial charge in [0.05, 0.1) is 17.7 Å². The molecule has 0 saturated heterocycles. The summed E-state index contributed by atoms with van der Waals surface area (Å²) in [5.74, 6) is 0.728. The lowest BCUT2D eigenvalue weighted by Crippen LogP contribution is -2.08. The van der Waals surface area contributed by atoms with Crippen LogP contribution >= 0.6 is 50.1 Å². The van der Waals surface area contributed by atoms with Gasteiger partial charge in [0, 0.05) is 13.6 Å². The first kappa shape index (κ1) is 22.1. The first-order valence-corrected chi connectivity index (χ1v) is 11.1. The SMILES string of the molecule is CCOc1cc(/C=C2\N=C(c3ccc(I)c(Br)c3)OC2=O)cc(Cl)c1OC(C)C. The van der Waals surface area contributed by atoms with Crippen LogP contribution in [0.2, 0.25) is 5.02 Å². The summed E-state index contributed by atoms with van der Waals surface area (Å²) in [6.45, 7) is 6.16. The molecule has 0 fully saturated rings. The van der Waals surface area contributed by atoms with Crippen molar-refractivity contribution in [3.05, 3.63) is 60.2 Å². The molecule has 0 N–H and O–H groups in total. The van der Waals surface area contributed by atoms with E-state index in [4.69, 9.17) is 25.8 Å². The van der Waals surface area contributed by atoms with E-state index in [1.807, 2.05) is 39.0 Å². The van der Waals surface area contributed by atoms with Crippen LogP contribution in [0.3, 0.4) is 0 Å². The number of rotatable bonds is 6. The third-order valence-corrected chi connectivity index (χ3v) is 6.39. The monoisotopic (exact) mass is 589 g/mol. The van der Waals surface area contributed by atoms with Gasteiger partial charge < -0.3 is 14.2 Å². The minimum absolute atomic E-state index is 0.0545. The summed E-state index contributed by atoms with van der Waals surface area (Å²) in [7, 11) is 0. The molecule has 8 heteroatoms. The molecule has 0 saturated carbocycles. The first-order valence-electron chi connectivity index (χ1n) is 8.89. The molecule has 1 heterocycles. The number of esters is 1. The number of benzene rings is 2. The number of carbonyl (C=O) groups is 1. The zero-order valence-electron chi connectivity index (χ0n) is 16.0. The number of carbonyl (C=O) groups excluding carboxylic acids is 1. The number of cyclic esters (lactones) is 1. The molecule has 29 heavy (non-hydrogen) atoms. The lowest BCUT2D eigenvalue weighted by Gasteiger charge is -2.16. The van der Waals surface area contributed by atoms with Crippen molar-refractivity contribution in [2.24, 2.45) is 4.99 Å². The summed E-state index contributed by atoms with van der Waals surface area (Å²) in [6, 6.07) is 9.10. The van der Waals surface area contributed by atoms with Crippen LogP contribution in [-0.4, -0.2) is 24.6 Å². The molecule has 1 aliphatic heterocycles. The van der Waals surface area contributed by atoms with E-state index < -0.39 is 5.97 Å². The van der Waals surface area contributed by atoms with Gasteiger partial charge in [0.25, 0.3) is 0 Å². The molecule has 152 valence electrons. The highest BCUT2D eigenvalue weighted by atomic mass is 127. The van der Waals surface area contributed by atoms with Crippen LogP contribution in [0.4, 0.5) is 0 Å². The molecule has 1 aliphatic rings. The molecule has 0 spiro atoms. The average molecular weight is 591 g/mol. The molecule has 0 bridgehead atoms. The van der Waals surface area contributed by atoms with Crippen molar-refractivity contribution in [2.45, 2.75) is 26.9 Å². The topological polar surface area (TPSA) is 57.1 Å². The average Bonchev–Trinajstić information content (AvgIpc) is 3.01. The Kier molecular flexibility index (Phi) is 7.23. The Bertz CT molecular complexity index is 1020. The molecule has 3 rings (SSSR count). The molecule has 0 aliphatic carbocycles. The van der Waals surface area contributed by atoms with E-state index in [0.29, 0.717) is 34.3 Å². The van der Waals surface area contributed by atoms with Crippen molar-refractivity contribution in [3.8, 4) is 11.5 Å². The maximum Gasteiger partial charge on any atom is 0.363 e. The van der Waals surface area contributed by atoms with Crippen molar-refractivity contribution < 1.29 is 19.0 Å². The quantitative estimate of drug-likeness (QED) is 0.227. The largest absolute Gasteiger partial charge is 0.490 e. The second-order valence-electron chi connectivity index (χ2n) is 6.39. The third-order valence-electron chi connectivity index (χ3n) is 3.78. The number of halogens is 3. The Labute approximate surface area is 196 Å². The summed E-state index contributed by atoms with van der Waals surface area (Å²) in [5.41, 5.74) is 1.56. The van der Waals surface area contributed by atoms with E-state index in [-0.39, 0.29) is 17.7 Å². The summed E-state index contributed by atoms with van der Waals surface area (Å²) >= 11 is 12.1. The summed E-state index contributed by atoms with van der Waals surface area (Å²) in [6.07, 6.45) is 1.56. The van der Waals surface area contributed by atoms with Crippen LogP contribution in [0.5, 0.6) is 11.5 Å². The van der Waals surface area contributed by atoms with Gasteiger partial charge in [-0.3, -0.25) is 0 Å². The molecule has 0 amide bonds. The van der Waals surface area contributed by atoms with Gasteiger partial charge in [0.2, 0.25) is 5.90 Å². The maximum atomic E-state index is 12.3. The molecule has 0 atom stereocenters. The number of hydrogen-bond donors (Lipinski definition) is 0. The van der Waals surface area contributed by atoms with Gasteiger partial charge in [-0.05, 0) is 101 Å². The zero-order chi connectivity index (χ0) is 21.1. The van der Waals surface area contributed by atoms with Crippen molar-refractivity contribution >= 4 is 68.1 Å². The Balaban J connectivity index is 1.97. The van der Waals surface area contributed by atoms with Crippen LogP contribution in [-0.2, 0) is 9.53 Å². The molecule has 0 aromatic heterocycles. The van der Waals surface area contributed by atoms with Crippen molar-refractivity contribution in [1.82, 2.24) is 0 Å². The second-order valence-corrected chi connectivity index (χ2v) is 8.82. The molecular weight excluding hydrogens is 572 g/mol. The molecule has 0 unspecified atom stereocenters. The van der Waals surface area contributed by atoms with E-state index in [1.54, 1.807) is 18.2 Å². The third kappa shape index (κ3) is 5.32. The van der Waals surface area contributed by atoms with Gasteiger partial charge >= 0.3 is 5.97 Å². The Hall–Kier alpha value is -1.58. The molecular formula is C21H18BrClINO4. The van der Waals surface area contributed by atoms with Gasteiger partial charge in [0.1, 0.15) is 0 Å². The maximum absolute atomic E-state index is 12.3. The normalized spacial score (nSPS) is 14.9. The van der Waals surface area contributed by atoms with Gasteiger partial charge in [-0.25, -0.2) is 9.79 Å². The molecule has 0 radical (unpaired) electrons.